The molecule has 0 amide bonds. The molecule has 33 heavy (non-hydrogen) atoms. The fraction of sp³-hybridized carbons (Fsp3) is 0.111. The molecule has 0 aliphatic rings. The zero-order valence-electron chi connectivity index (χ0n) is 18.4. The second kappa shape index (κ2) is 10.5. The Bertz CT molecular complexity index is 1060. The lowest BCUT2D eigenvalue weighted by atomic mass is 10.4. The van der Waals surface area contributed by atoms with E-state index in [9.17, 15) is 9.13 Å². The van der Waals surface area contributed by atoms with E-state index < -0.39 is 21.0 Å². The van der Waals surface area contributed by atoms with Crippen LogP contribution < -0.4 is 21.2 Å². The van der Waals surface area contributed by atoms with Crippen molar-refractivity contribution in [2.75, 3.05) is 0 Å². The lowest BCUT2D eigenvalue weighted by Crippen LogP contribution is -2.27. The van der Waals surface area contributed by atoms with Crippen molar-refractivity contribution in [2.45, 2.75) is 19.6 Å². The van der Waals surface area contributed by atoms with Gasteiger partial charge in [-0.05, 0) is 55.0 Å². The summed E-state index contributed by atoms with van der Waals surface area (Å²) in [4.78, 5) is 0. The molecule has 4 nitrogen and oxygen atoms in total. The Morgan fingerprint density at radius 1 is 0.515 bits per heavy atom. The molecule has 0 saturated carbocycles. The minimum atomic E-state index is -3.51. The largest absolute Gasteiger partial charge is 0.291 e. The van der Waals surface area contributed by atoms with Crippen LogP contribution in [0.5, 0.6) is 0 Å². The molecule has 0 radical (unpaired) electrons. The van der Waals surface area contributed by atoms with Gasteiger partial charge in [0, 0.05) is 21.2 Å². The van der Waals surface area contributed by atoms with E-state index in [1.165, 1.54) is 0 Å². The summed E-state index contributed by atoms with van der Waals surface area (Å²) in [5, 5.41) is 2.25. The van der Waals surface area contributed by atoms with Crippen LogP contribution in [0.4, 0.5) is 0 Å². The van der Waals surface area contributed by atoms with Crippen LogP contribution in [-0.2, 0) is 18.2 Å². The molecule has 0 bridgehead atoms. The van der Waals surface area contributed by atoms with Crippen LogP contribution in [0.2, 0.25) is 0 Å². The summed E-state index contributed by atoms with van der Waals surface area (Å²) in [6.45, 7) is 1.87. The Morgan fingerprint density at radius 2 is 0.758 bits per heavy atom. The van der Waals surface area contributed by atoms with E-state index in [1.807, 2.05) is 79.7 Å². The van der Waals surface area contributed by atoms with Gasteiger partial charge in [0.15, 0.2) is 6.29 Å². The maximum atomic E-state index is 14.4. The van der Waals surface area contributed by atoms with Crippen molar-refractivity contribution >= 4 is 36.0 Å². The third-order valence-electron chi connectivity index (χ3n) is 5.25. The first-order chi connectivity index (χ1) is 16.1. The van der Waals surface area contributed by atoms with E-state index in [-0.39, 0.29) is 0 Å². The van der Waals surface area contributed by atoms with Crippen molar-refractivity contribution in [1.29, 1.82) is 0 Å². The van der Waals surface area contributed by atoms with E-state index in [4.69, 9.17) is 9.05 Å². The SMILES string of the molecule is CCC(OP(=O)(c1ccccc1)c1ccccc1)OP(=O)(c1ccccc1)c1ccccc1. The van der Waals surface area contributed by atoms with Crippen molar-refractivity contribution in [2.24, 2.45) is 0 Å². The van der Waals surface area contributed by atoms with Gasteiger partial charge in [-0.2, -0.15) is 0 Å². The Hall–Kier alpha value is -2.74. The van der Waals surface area contributed by atoms with Crippen molar-refractivity contribution in [3.8, 4) is 0 Å². The zero-order chi connectivity index (χ0) is 23.2. The summed E-state index contributed by atoms with van der Waals surface area (Å²) in [6, 6.07) is 36.4. The molecule has 0 aromatic heterocycles. The first-order valence-electron chi connectivity index (χ1n) is 10.9. The van der Waals surface area contributed by atoms with Gasteiger partial charge < -0.3 is 0 Å². The molecule has 0 saturated heterocycles. The van der Waals surface area contributed by atoms with E-state index in [2.05, 4.69) is 0 Å². The highest BCUT2D eigenvalue weighted by Gasteiger charge is 2.37. The van der Waals surface area contributed by atoms with Crippen LogP contribution in [0.15, 0.2) is 121 Å². The molecule has 0 unspecified atom stereocenters. The molecule has 0 aliphatic carbocycles. The molecule has 4 aromatic rings. The number of rotatable bonds is 9. The average Bonchev–Trinajstić information content (AvgIpc) is 2.90. The van der Waals surface area contributed by atoms with Gasteiger partial charge in [0.05, 0.1) is 0 Å². The van der Waals surface area contributed by atoms with Crippen molar-refractivity contribution < 1.29 is 18.2 Å². The molecule has 0 heterocycles. The van der Waals surface area contributed by atoms with Crippen LogP contribution in [0, 0.1) is 0 Å². The predicted molar refractivity (Wildman–Crippen MR) is 136 cm³/mol. The Balaban J connectivity index is 1.75. The van der Waals surface area contributed by atoms with Gasteiger partial charge in [-0.15, -0.1) is 0 Å². The van der Waals surface area contributed by atoms with Crippen LogP contribution in [0.25, 0.3) is 0 Å². The number of hydrogen-bond acceptors (Lipinski definition) is 4. The third kappa shape index (κ3) is 5.11. The van der Waals surface area contributed by atoms with E-state index in [0.29, 0.717) is 27.6 Å². The quantitative estimate of drug-likeness (QED) is 0.233. The number of benzene rings is 4. The molecule has 0 fully saturated rings. The summed E-state index contributed by atoms with van der Waals surface area (Å²) in [6.07, 6.45) is -0.588. The van der Waals surface area contributed by atoms with Gasteiger partial charge >= 0.3 is 0 Å². The fourth-order valence-electron chi connectivity index (χ4n) is 3.54. The fourth-order valence-corrected chi connectivity index (χ4v) is 7.99. The smallest absolute Gasteiger partial charge is 0.263 e. The monoisotopic (exact) mass is 476 g/mol. The summed E-state index contributed by atoms with van der Waals surface area (Å²) in [7, 11) is -7.02. The van der Waals surface area contributed by atoms with Gasteiger partial charge in [0.2, 0.25) is 0 Å². The Kier molecular flexibility index (Phi) is 7.42. The molecule has 0 atom stereocenters. The second-order valence-electron chi connectivity index (χ2n) is 7.49. The standard InChI is InChI=1S/C27H26O4P2/c1-2-27(30-32(28,23-15-7-3-8-16-23)24-17-9-4-10-18-24)31-33(29,25-19-11-5-12-20-25)26-21-13-6-14-22-26/h3-22,27H,2H2,1H3. The lowest BCUT2D eigenvalue weighted by Gasteiger charge is -2.29. The van der Waals surface area contributed by atoms with Crippen LogP contribution in [0.3, 0.4) is 0 Å². The predicted octanol–water partition coefficient (Wildman–Crippen LogP) is 5.61. The van der Waals surface area contributed by atoms with Crippen molar-refractivity contribution in [3.63, 3.8) is 0 Å². The molecule has 168 valence electrons. The van der Waals surface area contributed by atoms with Gasteiger partial charge in [0.1, 0.15) is 0 Å². The Morgan fingerprint density at radius 3 is 0.970 bits per heavy atom. The van der Waals surface area contributed by atoms with E-state index in [1.54, 1.807) is 48.5 Å². The molecule has 4 rings (SSSR count). The van der Waals surface area contributed by atoms with Crippen LogP contribution in [0.1, 0.15) is 13.3 Å². The summed E-state index contributed by atoms with van der Waals surface area (Å²) >= 11 is 0. The van der Waals surface area contributed by atoms with E-state index in [0.717, 1.165) is 0 Å². The first kappa shape index (κ1) is 23.4. The first-order valence-corrected chi connectivity index (χ1v) is 14.1. The molecule has 6 heteroatoms. The maximum absolute atomic E-state index is 14.4. The van der Waals surface area contributed by atoms with Gasteiger partial charge in [-0.3, -0.25) is 18.2 Å². The van der Waals surface area contributed by atoms with Crippen LogP contribution >= 0.6 is 14.7 Å². The zero-order valence-corrected chi connectivity index (χ0v) is 20.1. The highest BCUT2D eigenvalue weighted by molar-refractivity contribution is 7.75. The molecule has 0 aliphatic heterocycles. The summed E-state index contributed by atoms with van der Waals surface area (Å²) in [5.41, 5.74) is 0. The average molecular weight is 476 g/mol. The van der Waals surface area contributed by atoms with Crippen molar-refractivity contribution in [3.05, 3.63) is 121 Å². The highest BCUT2D eigenvalue weighted by Crippen LogP contribution is 2.52. The van der Waals surface area contributed by atoms with Gasteiger partial charge in [0.25, 0.3) is 14.7 Å². The van der Waals surface area contributed by atoms with Gasteiger partial charge in [-0.1, -0.05) is 79.7 Å². The topological polar surface area (TPSA) is 52.6 Å². The van der Waals surface area contributed by atoms with E-state index >= 15 is 0 Å². The number of hydrogen-bond donors (Lipinski definition) is 0. The second-order valence-corrected chi connectivity index (χ2v) is 12.2. The Labute approximate surface area is 195 Å². The maximum Gasteiger partial charge on any atom is 0.263 e. The minimum Gasteiger partial charge on any atom is -0.291 e. The lowest BCUT2D eigenvalue weighted by molar-refractivity contribution is 0.0148. The van der Waals surface area contributed by atoms with Gasteiger partial charge in [-0.25, -0.2) is 0 Å². The third-order valence-corrected chi connectivity index (χ3v) is 10.2. The normalized spacial score (nSPS) is 12.1. The molecular formula is C27H26O4P2. The minimum absolute atomic E-state index is 0.368. The van der Waals surface area contributed by atoms with Crippen LogP contribution in [-0.4, -0.2) is 6.29 Å². The molecule has 4 aromatic carbocycles. The summed E-state index contributed by atoms with van der Waals surface area (Å²) < 4.78 is 41.2. The molecule has 0 spiro atoms. The molecule has 0 N–H and O–H groups in total. The summed E-state index contributed by atoms with van der Waals surface area (Å²) in [5.74, 6) is 0. The van der Waals surface area contributed by atoms with Crippen molar-refractivity contribution in [1.82, 2.24) is 0 Å². The highest BCUT2D eigenvalue weighted by atomic mass is 31.2. The molecular weight excluding hydrogens is 450 g/mol.